The van der Waals surface area contributed by atoms with Crippen LogP contribution in [-0.4, -0.2) is 12.6 Å². The van der Waals surface area contributed by atoms with Crippen LogP contribution in [0, 0.1) is 6.92 Å². The first-order valence-electron chi connectivity index (χ1n) is 6.22. The highest BCUT2D eigenvalue weighted by Crippen LogP contribution is 2.42. The maximum absolute atomic E-state index is 11.8. The van der Waals surface area contributed by atoms with Crippen molar-refractivity contribution in [3.05, 3.63) is 40.3 Å². The molecule has 0 atom stereocenters. The van der Waals surface area contributed by atoms with Crippen molar-refractivity contribution in [1.82, 2.24) is 0 Å². The van der Waals surface area contributed by atoms with Gasteiger partial charge in [-0.25, -0.2) is 4.79 Å². The molecule has 2 aromatic rings. The molecule has 98 valence electrons. The summed E-state index contributed by atoms with van der Waals surface area (Å²) in [6.45, 7) is 4.77. The number of fused-ring (bicyclic) bond motifs is 3. The minimum absolute atomic E-state index is 0.254. The summed E-state index contributed by atoms with van der Waals surface area (Å²) in [6, 6.07) is 7.99. The predicted octanol–water partition coefficient (Wildman–Crippen LogP) is 3.79. The summed E-state index contributed by atoms with van der Waals surface area (Å²) in [5.74, 6) is 0.631. The quantitative estimate of drug-likeness (QED) is 0.781. The Labute approximate surface area is 115 Å². The minimum Gasteiger partial charge on any atom is -0.488 e. The number of hydrogen-bond donors (Lipinski definition) is 0. The van der Waals surface area contributed by atoms with Crippen LogP contribution in [0.15, 0.2) is 24.3 Å². The summed E-state index contributed by atoms with van der Waals surface area (Å²) in [6.07, 6.45) is 0. The van der Waals surface area contributed by atoms with E-state index in [1.165, 1.54) is 16.9 Å². The number of benzene rings is 1. The molecule has 0 radical (unpaired) electrons. The zero-order chi connectivity index (χ0) is 13.4. The lowest BCUT2D eigenvalue weighted by atomic mass is 10.0. The van der Waals surface area contributed by atoms with Gasteiger partial charge in [-0.05, 0) is 32.0 Å². The van der Waals surface area contributed by atoms with Crippen LogP contribution >= 0.6 is 11.3 Å². The second-order valence-electron chi connectivity index (χ2n) is 4.47. The molecule has 0 N–H and O–H groups in total. The van der Waals surface area contributed by atoms with E-state index in [2.05, 4.69) is 13.0 Å². The average Bonchev–Trinajstić information content (AvgIpc) is 2.83. The Morgan fingerprint density at radius 1 is 1.42 bits per heavy atom. The van der Waals surface area contributed by atoms with E-state index in [9.17, 15) is 4.79 Å². The minimum atomic E-state index is -0.254. The molecule has 1 aliphatic heterocycles. The molecule has 0 aliphatic carbocycles. The first-order valence-corrected chi connectivity index (χ1v) is 7.04. The zero-order valence-electron chi connectivity index (χ0n) is 10.9. The molecule has 0 amide bonds. The molecule has 1 aromatic carbocycles. The molecule has 0 saturated heterocycles. The third-order valence-corrected chi connectivity index (χ3v) is 4.24. The fourth-order valence-corrected chi connectivity index (χ4v) is 3.25. The standard InChI is InChI=1S/C15H14O3S/c1-3-17-15(16)13-7-10-8-18-12-5-4-9(2)6-11(12)14(10)19-13/h4-7H,3,8H2,1-2H3. The average molecular weight is 274 g/mol. The predicted molar refractivity (Wildman–Crippen MR) is 74.8 cm³/mol. The van der Waals surface area contributed by atoms with Gasteiger partial charge >= 0.3 is 5.97 Å². The number of ether oxygens (including phenoxy) is 2. The van der Waals surface area contributed by atoms with Crippen LogP contribution in [0.2, 0.25) is 0 Å². The number of carbonyl (C=O) groups excluding carboxylic acids is 1. The smallest absolute Gasteiger partial charge is 0.348 e. The Morgan fingerprint density at radius 2 is 2.26 bits per heavy atom. The lowest BCUT2D eigenvalue weighted by Gasteiger charge is -2.17. The Morgan fingerprint density at radius 3 is 3.05 bits per heavy atom. The van der Waals surface area contributed by atoms with Gasteiger partial charge in [-0.3, -0.25) is 0 Å². The van der Waals surface area contributed by atoms with Gasteiger partial charge in [-0.1, -0.05) is 11.6 Å². The maximum Gasteiger partial charge on any atom is 0.348 e. The summed E-state index contributed by atoms with van der Waals surface area (Å²) in [4.78, 5) is 13.6. The molecular weight excluding hydrogens is 260 g/mol. The van der Waals surface area contributed by atoms with E-state index in [1.54, 1.807) is 0 Å². The first kappa shape index (κ1) is 12.2. The molecule has 0 fully saturated rings. The van der Waals surface area contributed by atoms with E-state index in [0.29, 0.717) is 18.1 Å². The number of aryl methyl sites for hydroxylation is 1. The topological polar surface area (TPSA) is 35.5 Å². The van der Waals surface area contributed by atoms with E-state index >= 15 is 0 Å². The van der Waals surface area contributed by atoms with Crippen molar-refractivity contribution in [2.75, 3.05) is 6.61 Å². The van der Waals surface area contributed by atoms with Crippen molar-refractivity contribution in [3.8, 4) is 16.2 Å². The molecular formula is C15H14O3S. The van der Waals surface area contributed by atoms with E-state index in [4.69, 9.17) is 9.47 Å². The second kappa shape index (κ2) is 4.70. The van der Waals surface area contributed by atoms with Crippen LogP contribution < -0.4 is 4.74 Å². The van der Waals surface area contributed by atoms with Crippen molar-refractivity contribution < 1.29 is 14.3 Å². The number of carbonyl (C=O) groups is 1. The van der Waals surface area contributed by atoms with Crippen LogP contribution in [0.25, 0.3) is 10.4 Å². The van der Waals surface area contributed by atoms with Crippen LogP contribution in [0.3, 0.4) is 0 Å². The molecule has 0 unspecified atom stereocenters. The molecule has 0 spiro atoms. The normalized spacial score (nSPS) is 12.3. The molecule has 3 rings (SSSR count). The summed E-state index contributed by atoms with van der Waals surface area (Å²) >= 11 is 1.48. The fourth-order valence-electron chi connectivity index (χ4n) is 2.17. The molecule has 1 aliphatic rings. The van der Waals surface area contributed by atoms with Crippen LogP contribution in [0.1, 0.15) is 27.7 Å². The van der Waals surface area contributed by atoms with Gasteiger partial charge < -0.3 is 9.47 Å². The highest BCUT2D eigenvalue weighted by Gasteiger charge is 2.23. The van der Waals surface area contributed by atoms with Crippen LogP contribution in [0.5, 0.6) is 5.75 Å². The number of thiophene rings is 1. The Bertz CT molecular complexity index is 643. The summed E-state index contributed by atoms with van der Waals surface area (Å²) in [7, 11) is 0. The van der Waals surface area contributed by atoms with Crippen LogP contribution in [-0.2, 0) is 11.3 Å². The molecule has 4 heteroatoms. The molecule has 0 saturated carbocycles. The molecule has 3 nitrogen and oxygen atoms in total. The number of rotatable bonds is 2. The Balaban J connectivity index is 2.06. The van der Waals surface area contributed by atoms with Gasteiger partial charge in [0.15, 0.2) is 0 Å². The first-order chi connectivity index (χ1) is 9.19. The second-order valence-corrected chi connectivity index (χ2v) is 5.53. The summed E-state index contributed by atoms with van der Waals surface area (Å²) in [5.41, 5.74) is 3.31. The van der Waals surface area contributed by atoms with Crippen molar-refractivity contribution in [2.45, 2.75) is 20.5 Å². The fraction of sp³-hybridized carbons (Fsp3) is 0.267. The largest absolute Gasteiger partial charge is 0.488 e. The summed E-state index contributed by atoms with van der Waals surface area (Å²) in [5, 5.41) is 0. The van der Waals surface area contributed by atoms with Crippen LogP contribution in [0.4, 0.5) is 0 Å². The molecule has 1 aromatic heterocycles. The number of esters is 1. The Hall–Kier alpha value is -1.81. The summed E-state index contributed by atoms with van der Waals surface area (Å²) < 4.78 is 10.8. The highest BCUT2D eigenvalue weighted by molar-refractivity contribution is 7.17. The van der Waals surface area contributed by atoms with Gasteiger partial charge in [-0.15, -0.1) is 11.3 Å². The lowest BCUT2D eigenvalue weighted by molar-refractivity contribution is 0.0532. The van der Waals surface area contributed by atoms with E-state index in [-0.39, 0.29) is 5.97 Å². The van der Waals surface area contributed by atoms with E-state index in [0.717, 1.165) is 21.8 Å². The lowest BCUT2D eigenvalue weighted by Crippen LogP contribution is -2.03. The van der Waals surface area contributed by atoms with Gasteiger partial charge in [0, 0.05) is 16.0 Å². The zero-order valence-corrected chi connectivity index (χ0v) is 11.7. The van der Waals surface area contributed by atoms with Gasteiger partial charge in [0.1, 0.15) is 17.2 Å². The van der Waals surface area contributed by atoms with E-state index < -0.39 is 0 Å². The third-order valence-electron chi connectivity index (χ3n) is 3.05. The molecule has 19 heavy (non-hydrogen) atoms. The van der Waals surface area contributed by atoms with Gasteiger partial charge in [0.2, 0.25) is 0 Å². The monoisotopic (exact) mass is 274 g/mol. The van der Waals surface area contributed by atoms with Crippen molar-refractivity contribution in [1.29, 1.82) is 0 Å². The van der Waals surface area contributed by atoms with E-state index in [1.807, 2.05) is 25.1 Å². The SMILES string of the molecule is CCOC(=O)c1cc2c(s1)-c1cc(C)ccc1OC2. The van der Waals surface area contributed by atoms with Gasteiger partial charge in [0.05, 0.1) is 6.61 Å². The molecule has 2 heterocycles. The van der Waals surface area contributed by atoms with Crippen molar-refractivity contribution >= 4 is 17.3 Å². The van der Waals surface area contributed by atoms with Gasteiger partial charge in [0.25, 0.3) is 0 Å². The van der Waals surface area contributed by atoms with Gasteiger partial charge in [-0.2, -0.15) is 0 Å². The molecule has 0 bridgehead atoms. The van der Waals surface area contributed by atoms with Crippen molar-refractivity contribution in [3.63, 3.8) is 0 Å². The maximum atomic E-state index is 11.8. The number of hydrogen-bond acceptors (Lipinski definition) is 4. The third kappa shape index (κ3) is 2.12. The Kier molecular flexibility index (Phi) is 3.03. The highest BCUT2D eigenvalue weighted by atomic mass is 32.1. The van der Waals surface area contributed by atoms with Crippen molar-refractivity contribution in [2.24, 2.45) is 0 Å².